The molecule has 0 aliphatic carbocycles. The lowest BCUT2D eigenvalue weighted by Crippen LogP contribution is -2.20. The molecule has 0 fully saturated rings. The van der Waals surface area contributed by atoms with Gasteiger partial charge in [0.25, 0.3) is 0 Å². The standard InChI is InChI=1S/C13H15BrF3NO2S/c1-12(2,3)21(19)18-7-9-4-5-10(14)11(6-9)20-8-13(15,16)17/h4-7H,8H2,1-3H3. The van der Waals surface area contributed by atoms with Gasteiger partial charge in [0.1, 0.15) is 16.7 Å². The van der Waals surface area contributed by atoms with Crippen molar-refractivity contribution in [1.29, 1.82) is 0 Å². The van der Waals surface area contributed by atoms with E-state index in [0.29, 0.717) is 10.0 Å². The van der Waals surface area contributed by atoms with Crippen molar-refractivity contribution in [2.45, 2.75) is 31.7 Å². The highest BCUT2D eigenvalue weighted by molar-refractivity contribution is 9.10. The average molecular weight is 386 g/mol. The van der Waals surface area contributed by atoms with Crippen molar-refractivity contribution in [3.05, 3.63) is 28.2 Å². The molecule has 0 bridgehead atoms. The number of halogens is 4. The number of nitrogens with zero attached hydrogens (tertiary/aromatic N) is 1. The number of rotatable bonds is 4. The molecule has 0 aromatic heterocycles. The lowest BCUT2D eigenvalue weighted by atomic mass is 10.2. The van der Waals surface area contributed by atoms with Gasteiger partial charge in [0, 0.05) is 6.21 Å². The summed E-state index contributed by atoms with van der Waals surface area (Å²) < 4.78 is 56.7. The van der Waals surface area contributed by atoms with E-state index in [0.717, 1.165) is 0 Å². The van der Waals surface area contributed by atoms with Gasteiger partial charge in [-0.3, -0.25) is 0 Å². The van der Waals surface area contributed by atoms with E-state index in [9.17, 15) is 17.4 Å². The molecule has 1 atom stereocenters. The Morgan fingerprint density at radius 3 is 2.48 bits per heavy atom. The zero-order valence-electron chi connectivity index (χ0n) is 11.7. The fourth-order valence-corrected chi connectivity index (χ4v) is 2.03. The lowest BCUT2D eigenvalue weighted by Gasteiger charge is -2.13. The number of hydrogen-bond donors (Lipinski definition) is 0. The van der Waals surface area contributed by atoms with Crippen LogP contribution in [0.2, 0.25) is 0 Å². The molecule has 1 unspecified atom stereocenters. The van der Waals surface area contributed by atoms with Crippen LogP contribution < -0.4 is 4.74 Å². The van der Waals surface area contributed by atoms with Crippen molar-refractivity contribution in [1.82, 2.24) is 0 Å². The molecule has 8 heteroatoms. The van der Waals surface area contributed by atoms with Crippen molar-refractivity contribution < 1.29 is 22.1 Å². The van der Waals surface area contributed by atoms with E-state index in [-0.39, 0.29) is 5.75 Å². The molecule has 1 rings (SSSR count). The van der Waals surface area contributed by atoms with Gasteiger partial charge in [-0.15, -0.1) is 0 Å². The van der Waals surface area contributed by atoms with Crippen LogP contribution in [-0.2, 0) is 11.0 Å². The fraction of sp³-hybridized carbons (Fsp3) is 0.462. The third-order valence-electron chi connectivity index (χ3n) is 2.17. The minimum Gasteiger partial charge on any atom is -0.483 e. The lowest BCUT2D eigenvalue weighted by molar-refractivity contribution is -0.153. The Labute approximate surface area is 132 Å². The van der Waals surface area contributed by atoms with Crippen LogP contribution in [0.1, 0.15) is 26.3 Å². The summed E-state index contributed by atoms with van der Waals surface area (Å²) in [6.45, 7) is 3.96. The van der Waals surface area contributed by atoms with Gasteiger partial charge in [0.2, 0.25) is 0 Å². The van der Waals surface area contributed by atoms with Crippen LogP contribution in [-0.4, -0.2) is 28.0 Å². The zero-order valence-corrected chi connectivity index (χ0v) is 14.1. The summed E-state index contributed by atoms with van der Waals surface area (Å²) in [6, 6.07) is 4.58. The molecule has 0 aliphatic rings. The number of hydrogen-bond acceptors (Lipinski definition) is 2. The first-order valence-electron chi connectivity index (χ1n) is 5.94. The van der Waals surface area contributed by atoms with Crippen molar-refractivity contribution in [3.63, 3.8) is 0 Å². The van der Waals surface area contributed by atoms with Crippen LogP contribution in [0, 0.1) is 0 Å². The van der Waals surface area contributed by atoms with Crippen LogP contribution in [0.25, 0.3) is 0 Å². The Balaban J connectivity index is 2.87. The highest BCUT2D eigenvalue weighted by atomic mass is 79.9. The minimum absolute atomic E-state index is 0.0535. The third-order valence-corrected chi connectivity index (χ3v) is 4.17. The molecule has 0 amide bonds. The Hall–Kier alpha value is -0.890. The van der Waals surface area contributed by atoms with E-state index in [1.54, 1.807) is 32.9 Å². The van der Waals surface area contributed by atoms with Crippen LogP contribution in [0.5, 0.6) is 5.75 Å². The second kappa shape index (κ2) is 6.91. The minimum atomic E-state index is -4.41. The maximum absolute atomic E-state index is 12.2. The molecule has 0 saturated carbocycles. The molecule has 0 aliphatic heterocycles. The summed E-state index contributed by atoms with van der Waals surface area (Å²) >= 11 is 3.11. The predicted octanol–water partition coefficient (Wildman–Crippen LogP) is 4.27. The number of ether oxygens (including phenoxy) is 1. The predicted molar refractivity (Wildman–Crippen MR) is 81.2 cm³/mol. The summed E-state index contributed by atoms with van der Waals surface area (Å²) in [6.07, 6.45) is -3.05. The Morgan fingerprint density at radius 1 is 1.33 bits per heavy atom. The summed E-state index contributed by atoms with van der Waals surface area (Å²) in [5.74, 6) is 0.0535. The molecule has 0 spiro atoms. The van der Waals surface area contributed by atoms with Crippen molar-refractivity contribution in [3.8, 4) is 5.75 Å². The highest BCUT2D eigenvalue weighted by Crippen LogP contribution is 2.27. The highest BCUT2D eigenvalue weighted by Gasteiger charge is 2.28. The normalized spacial score (nSPS) is 14.4. The smallest absolute Gasteiger partial charge is 0.422 e. The second-order valence-electron chi connectivity index (χ2n) is 5.19. The quantitative estimate of drug-likeness (QED) is 0.725. The van der Waals surface area contributed by atoms with Gasteiger partial charge in [-0.25, -0.2) is 4.21 Å². The summed E-state index contributed by atoms with van der Waals surface area (Å²) in [5, 5.41) is 0. The van der Waals surface area contributed by atoms with Crippen LogP contribution in [0.3, 0.4) is 0 Å². The van der Waals surface area contributed by atoms with Gasteiger partial charge in [-0.1, -0.05) is 6.07 Å². The molecule has 1 aromatic carbocycles. The van der Waals surface area contributed by atoms with Crippen molar-refractivity contribution in [2.75, 3.05) is 6.61 Å². The zero-order chi connectivity index (χ0) is 16.3. The molecule has 21 heavy (non-hydrogen) atoms. The topological polar surface area (TPSA) is 38.7 Å². The van der Waals surface area contributed by atoms with Crippen molar-refractivity contribution >= 4 is 33.1 Å². The van der Waals surface area contributed by atoms with E-state index in [2.05, 4.69) is 20.3 Å². The molecule has 0 saturated heterocycles. The van der Waals surface area contributed by atoms with E-state index >= 15 is 0 Å². The van der Waals surface area contributed by atoms with Gasteiger partial charge < -0.3 is 4.74 Å². The van der Waals surface area contributed by atoms with E-state index in [4.69, 9.17) is 4.74 Å². The molecule has 0 radical (unpaired) electrons. The fourth-order valence-electron chi connectivity index (χ4n) is 1.14. The van der Waals surface area contributed by atoms with Crippen LogP contribution in [0.4, 0.5) is 13.2 Å². The first kappa shape index (κ1) is 18.2. The van der Waals surface area contributed by atoms with Crippen molar-refractivity contribution in [2.24, 2.45) is 4.40 Å². The Kier molecular flexibility index (Phi) is 5.98. The molecule has 0 N–H and O–H groups in total. The van der Waals surface area contributed by atoms with Crippen LogP contribution in [0.15, 0.2) is 27.1 Å². The molecule has 3 nitrogen and oxygen atoms in total. The third kappa shape index (κ3) is 6.60. The monoisotopic (exact) mass is 385 g/mol. The summed E-state index contributed by atoms with van der Waals surface area (Å²) in [7, 11) is -1.43. The van der Waals surface area contributed by atoms with Gasteiger partial charge >= 0.3 is 6.18 Å². The Bertz CT molecular complexity index is 553. The second-order valence-corrected chi connectivity index (χ2v) is 7.98. The molecule has 118 valence electrons. The number of benzene rings is 1. The maximum Gasteiger partial charge on any atom is 0.422 e. The SMILES string of the molecule is CC(C)(C)S(=O)N=Cc1ccc(Br)c(OCC(F)(F)F)c1. The summed E-state index contributed by atoms with van der Waals surface area (Å²) in [4.78, 5) is 0. The first-order chi connectivity index (χ1) is 9.49. The molecule has 0 heterocycles. The van der Waals surface area contributed by atoms with E-state index in [1.165, 1.54) is 12.3 Å². The average Bonchev–Trinajstić information content (AvgIpc) is 2.33. The molecular formula is C13H15BrF3NO2S. The van der Waals surface area contributed by atoms with Gasteiger partial charge in [0.05, 0.1) is 9.22 Å². The molecular weight excluding hydrogens is 371 g/mol. The van der Waals surface area contributed by atoms with Gasteiger partial charge in [0.15, 0.2) is 6.61 Å². The van der Waals surface area contributed by atoms with Crippen LogP contribution >= 0.6 is 15.9 Å². The van der Waals surface area contributed by atoms with Gasteiger partial charge in [-0.2, -0.15) is 17.6 Å². The first-order valence-corrected chi connectivity index (χ1v) is 7.84. The Morgan fingerprint density at radius 2 is 1.95 bits per heavy atom. The van der Waals surface area contributed by atoms with Gasteiger partial charge in [-0.05, 0) is 54.4 Å². The maximum atomic E-state index is 12.2. The molecule has 1 aromatic rings. The summed E-state index contributed by atoms with van der Waals surface area (Å²) in [5.41, 5.74) is 0.507. The van der Waals surface area contributed by atoms with E-state index in [1.807, 2.05) is 0 Å². The largest absolute Gasteiger partial charge is 0.483 e. The van der Waals surface area contributed by atoms with E-state index < -0.39 is 28.5 Å². The number of alkyl halides is 3.